The van der Waals surface area contributed by atoms with Crippen LogP contribution in [0.3, 0.4) is 0 Å². The number of ether oxygens (including phenoxy) is 2. The van der Waals surface area contributed by atoms with Crippen molar-refractivity contribution in [2.45, 2.75) is 38.8 Å². The van der Waals surface area contributed by atoms with E-state index in [0.717, 1.165) is 10.5 Å². The van der Waals surface area contributed by atoms with Crippen molar-refractivity contribution >= 4 is 17.8 Å². The van der Waals surface area contributed by atoms with Crippen LogP contribution in [0.15, 0.2) is 18.2 Å². The van der Waals surface area contributed by atoms with Crippen LogP contribution in [0.1, 0.15) is 25.8 Å². The number of aliphatic hydroxyl groups is 1. The van der Waals surface area contributed by atoms with Crippen LogP contribution in [0.4, 0.5) is 4.79 Å². The third-order valence-corrected chi connectivity index (χ3v) is 4.92. The summed E-state index contributed by atoms with van der Waals surface area (Å²) in [4.78, 5) is 38.0. The first-order valence-electron chi connectivity index (χ1n) is 9.53. The number of aliphatic hydroxyl groups excluding tert-OH is 1. The van der Waals surface area contributed by atoms with Crippen LogP contribution in [0, 0.1) is 5.92 Å². The lowest BCUT2D eigenvalue weighted by Gasteiger charge is -2.20. The highest BCUT2D eigenvalue weighted by Crippen LogP contribution is 2.27. The zero-order valence-electron chi connectivity index (χ0n) is 17.2. The number of carbonyl (C=O) groups is 3. The maximum atomic E-state index is 12.6. The molecule has 1 unspecified atom stereocenters. The molecule has 0 spiro atoms. The minimum atomic E-state index is -0.903. The van der Waals surface area contributed by atoms with Gasteiger partial charge in [0.05, 0.1) is 33.3 Å². The molecule has 1 aliphatic heterocycles. The van der Waals surface area contributed by atoms with Gasteiger partial charge in [0.25, 0.3) is 5.91 Å². The molecule has 3 N–H and O–H groups in total. The lowest BCUT2D eigenvalue weighted by Crippen LogP contribution is -2.44. The third-order valence-electron chi connectivity index (χ3n) is 4.92. The molecule has 0 aliphatic carbocycles. The van der Waals surface area contributed by atoms with E-state index in [1.807, 2.05) is 19.9 Å². The number of methoxy groups -OCH3 is 2. The second-order valence-electron chi connectivity index (χ2n) is 7.24. The van der Waals surface area contributed by atoms with Crippen LogP contribution in [0.5, 0.6) is 11.5 Å². The number of benzene rings is 1. The Bertz CT molecular complexity index is 752. The van der Waals surface area contributed by atoms with Crippen molar-refractivity contribution in [1.29, 1.82) is 0 Å². The summed E-state index contributed by atoms with van der Waals surface area (Å²) < 4.78 is 10.5. The predicted octanol–water partition coefficient (Wildman–Crippen LogP) is 0.690. The molecule has 1 saturated heterocycles. The van der Waals surface area contributed by atoms with Crippen molar-refractivity contribution in [3.63, 3.8) is 0 Å². The Morgan fingerprint density at radius 2 is 1.93 bits per heavy atom. The van der Waals surface area contributed by atoms with Gasteiger partial charge in [-0.15, -0.1) is 0 Å². The summed E-state index contributed by atoms with van der Waals surface area (Å²) in [6, 6.07) is 3.58. The summed E-state index contributed by atoms with van der Waals surface area (Å²) in [5.41, 5.74) is 0.882. The maximum Gasteiger partial charge on any atom is 0.324 e. The average molecular weight is 407 g/mol. The number of carbonyl (C=O) groups excluding carboxylic acids is 3. The van der Waals surface area contributed by atoms with Crippen LogP contribution < -0.4 is 20.1 Å². The molecule has 1 heterocycles. The summed E-state index contributed by atoms with van der Waals surface area (Å²) in [6.45, 7) is 3.74. The largest absolute Gasteiger partial charge is 0.493 e. The fourth-order valence-corrected chi connectivity index (χ4v) is 3.08. The van der Waals surface area contributed by atoms with Gasteiger partial charge in [-0.3, -0.25) is 14.5 Å². The highest BCUT2D eigenvalue weighted by atomic mass is 16.5. The first-order valence-corrected chi connectivity index (χ1v) is 9.53. The molecular formula is C20H29N3O6. The highest BCUT2D eigenvalue weighted by Gasteiger charge is 2.39. The molecule has 0 saturated carbocycles. The van der Waals surface area contributed by atoms with Crippen LogP contribution >= 0.6 is 0 Å². The number of nitrogens with one attached hydrogen (secondary N) is 2. The summed E-state index contributed by atoms with van der Waals surface area (Å²) in [6.07, 6.45) is 0.277. The molecule has 4 amide bonds. The van der Waals surface area contributed by atoms with E-state index in [1.165, 1.54) is 7.11 Å². The maximum absolute atomic E-state index is 12.6. The van der Waals surface area contributed by atoms with Crippen molar-refractivity contribution in [3.8, 4) is 11.5 Å². The van der Waals surface area contributed by atoms with Gasteiger partial charge in [0.15, 0.2) is 11.5 Å². The van der Waals surface area contributed by atoms with Crippen molar-refractivity contribution in [2.24, 2.45) is 5.92 Å². The number of hydrogen-bond donors (Lipinski definition) is 3. The molecule has 29 heavy (non-hydrogen) atoms. The molecule has 9 heteroatoms. The monoisotopic (exact) mass is 407 g/mol. The van der Waals surface area contributed by atoms with Crippen LogP contribution in [0.25, 0.3) is 0 Å². The second kappa shape index (κ2) is 10.1. The third kappa shape index (κ3) is 5.60. The molecule has 1 aromatic carbocycles. The number of amides is 4. The zero-order chi connectivity index (χ0) is 21.6. The Labute approximate surface area is 170 Å². The van der Waals surface area contributed by atoms with Gasteiger partial charge in [0, 0.05) is 6.54 Å². The molecule has 1 aromatic rings. The zero-order valence-corrected chi connectivity index (χ0v) is 17.2. The van der Waals surface area contributed by atoms with E-state index in [-0.39, 0.29) is 25.5 Å². The van der Waals surface area contributed by atoms with Gasteiger partial charge in [-0.2, -0.15) is 0 Å². The Kier molecular flexibility index (Phi) is 7.83. The molecule has 160 valence electrons. The molecule has 1 aliphatic rings. The van der Waals surface area contributed by atoms with Gasteiger partial charge in [-0.05, 0) is 30.0 Å². The highest BCUT2D eigenvalue weighted by molar-refractivity contribution is 6.05. The van der Waals surface area contributed by atoms with Gasteiger partial charge in [0.2, 0.25) is 5.91 Å². The number of rotatable bonds is 10. The molecule has 0 bridgehead atoms. The first kappa shape index (κ1) is 22.5. The number of imide groups is 1. The fourth-order valence-electron chi connectivity index (χ4n) is 3.08. The molecule has 1 fully saturated rings. The van der Waals surface area contributed by atoms with E-state index in [1.54, 1.807) is 19.2 Å². The van der Waals surface area contributed by atoms with Crippen molar-refractivity contribution in [1.82, 2.24) is 15.5 Å². The first-order chi connectivity index (χ1) is 13.8. The van der Waals surface area contributed by atoms with E-state index in [2.05, 4.69) is 10.6 Å². The van der Waals surface area contributed by atoms with Gasteiger partial charge in [-0.25, -0.2) is 4.79 Å². The second-order valence-corrected chi connectivity index (χ2v) is 7.24. The topological polar surface area (TPSA) is 117 Å². The number of urea groups is 1. The molecule has 2 atom stereocenters. The van der Waals surface area contributed by atoms with E-state index in [0.29, 0.717) is 17.9 Å². The lowest BCUT2D eigenvalue weighted by molar-refractivity contribution is -0.131. The van der Waals surface area contributed by atoms with Crippen LogP contribution in [-0.2, 0) is 16.0 Å². The molecular weight excluding hydrogens is 378 g/mol. The molecule has 0 radical (unpaired) electrons. The smallest absolute Gasteiger partial charge is 0.324 e. The Balaban J connectivity index is 1.94. The minimum Gasteiger partial charge on any atom is -0.493 e. The van der Waals surface area contributed by atoms with Crippen molar-refractivity contribution < 1.29 is 29.0 Å². The van der Waals surface area contributed by atoms with Gasteiger partial charge >= 0.3 is 6.03 Å². The quantitative estimate of drug-likeness (QED) is 0.491. The normalized spacial score (nSPS) is 17.3. The molecule has 2 rings (SSSR count). The Morgan fingerprint density at radius 1 is 1.24 bits per heavy atom. The SMILES string of the molecule is COc1ccc(CCN2C(=O)NC(CC(=O)N[C@H](CO)C(C)C)C2=O)cc1OC. The van der Waals surface area contributed by atoms with E-state index in [4.69, 9.17) is 9.47 Å². The standard InChI is InChI=1S/C20H29N3O6/c1-12(2)15(11-24)21-18(25)10-14-19(26)23(20(27)22-14)8-7-13-5-6-16(28-3)17(9-13)29-4/h5-6,9,12,14-15,24H,7-8,10-11H2,1-4H3,(H,21,25)(H,22,27)/t14?,15-/m1/s1. The summed E-state index contributed by atoms with van der Waals surface area (Å²) in [5, 5.41) is 14.6. The van der Waals surface area contributed by atoms with E-state index >= 15 is 0 Å². The summed E-state index contributed by atoms with van der Waals surface area (Å²) >= 11 is 0. The lowest BCUT2D eigenvalue weighted by atomic mass is 10.0. The van der Waals surface area contributed by atoms with E-state index < -0.39 is 29.9 Å². The van der Waals surface area contributed by atoms with Gasteiger partial charge in [-0.1, -0.05) is 19.9 Å². The average Bonchev–Trinajstić information content (AvgIpc) is 2.96. The summed E-state index contributed by atoms with van der Waals surface area (Å²) in [5.74, 6) is 0.393. The van der Waals surface area contributed by atoms with Gasteiger partial charge in [0.1, 0.15) is 6.04 Å². The minimum absolute atomic E-state index is 0.0517. The Morgan fingerprint density at radius 3 is 2.52 bits per heavy atom. The molecule has 0 aromatic heterocycles. The van der Waals surface area contributed by atoms with Crippen LogP contribution in [-0.4, -0.2) is 67.3 Å². The van der Waals surface area contributed by atoms with Crippen LogP contribution in [0.2, 0.25) is 0 Å². The van der Waals surface area contributed by atoms with E-state index in [9.17, 15) is 19.5 Å². The van der Waals surface area contributed by atoms with Crippen molar-refractivity contribution in [2.75, 3.05) is 27.4 Å². The predicted molar refractivity (Wildman–Crippen MR) is 106 cm³/mol. The number of nitrogens with zero attached hydrogens (tertiary/aromatic N) is 1. The van der Waals surface area contributed by atoms with Gasteiger partial charge < -0.3 is 25.2 Å². The fraction of sp³-hybridized carbons (Fsp3) is 0.550. The number of hydrogen-bond acceptors (Lipinski definition) is 6. The molecule has 9 nitrogen and oxygen atoms in total. The van der Waals surface area contributed by atoms with Crippen molar-refractivity contribution in [3.05, 3.63) is 23.8 Å². The summed E-state index contributed by atoms with van der Waals surface area (Å²) in [7, 11) is 3.08. The Hall–Kier alpha value is -2.81.